The number of ketones is 1. The molecule has 2 aromatic carbocycles. The Morgan fingerprint density at radius 1 is 1.08 bits per heavy atom. The number of Topliss-reactive ketones (excluding diaryl/α,β-unsaturated/α-hetero) is 1. The topological polar surface area (TPSA) is 68.4 Å². The van der Waals surface area contributed by atoms with Crippen molar-refractivity contribution in [1.29, 1.82) is 0 Å². The van der Waals surface area contributed by atoms with Crippen LogP contribution < -0.4 is 4.74 Å². The predicted molar refractivity (Wildman–Crippen MR) is 99.6 cm³/mol. The maximum Gasteiger partial charge on any atom is 0.313 e. The van der Waals surface area contributed by atoms with E-state index in [9.17, 15) is 9.59 Å². The van der Waals surface area contributed by atoms with E-state index < -0.39 is 11.9 Å². The molecule has 0 aliphatic heterocycles. The summed E-state index contributed by atoms with van der Waals surface area (Å²) in [6.45, 7) is 2.47. The second-order valence-corrected chi connectivity index (χ2v) is 5.95. The molecule has 1 aromatic heterocycles. The molecule has 0 aliphatic rings. The van der Waals surface area contributed by atoms with Gasteiger partial charge >= 0.3 is 5.97 Å². The fraction of sp³-hybridized carbons (Fsp3) is 0.238. The molecule has 3 rings (SSSR count). The molecule has 3 aromatic rings. The molecule has 0 saturated carbocycles. The first-order chi connectivity index (χ1) is 12.6. The van der Waals surface area contributed by atoms with Crippen molar-refractivity contribution >= 4 is 22.7 Å². The number of rotatable bonds is 7. The lowest BCUT2D eigenvalue weighted by Gasteiger charge is -2.14. The van der Waals surface area contributed by atoms with Crippen LogP contribution in [-0.4, -0.2) is 30.5 Å². The van der Waals surface area contributed by atoms with Gasteiger partial charge in [0.1, 0.15) is 5.75 Å². The minimum Gasteiger partial charge on any atom is -0.494 e. The van der Waals surface area contributed by atoms with Crippen LogP contribution in [0, 0.1) is 0 Å². The molecule has 0 saturated heterocycles. The van der Waals surface area contributed by atoms with Crippen molar-refractivity contribution in [1.82, 2.24) is 4.98 Å². The Balaban J connectivity index is 1.87. The number of para-hydroxylation sites is 1. The number of aromatic amines is 1. The Labute approximate surface area is 151 Å². The minimum atomic E-state index is -0.657. The van der Waals surface area contributed by atoms with Gasteiger partial charge in [-0.1, -0.05) is 18.2 Å². The Bertz CT molecular complexity index is 911. The zero-order valence-corrected chi connectivity index (χ0v) is 14.8. The van der Waals surface area contributed by atoms with Gasteiger partial charge in [0.15, 0.2) is 5.78 Å². The summed E-state index contributed by atoms with van der Waals surface area (Å²) in [4.78, 5) is 28.2. The molecule has 1 heterocycles. The van der Waals surface area contributed by atoms with Crippen LogP contribution in [0.1, 0.15) is 35.2 Å². The van der Waals surface area contributed by atoms with Gasteiger partial charge in [-0.2, -0.15) is 0 Å². The van der Waals surface area contributed by atoms with Gasteiger partial charge in [-0.25, -0.2) is 0 Å². The summed E-state index contributed by atoms with van der Waals surface area (Å²) in [5, 5.41) is 0.919. The number of fused-ring (bicyclic) bond motifs is 1. The first-order valence-electron chi connectivity index (χ1n) is 8.54. The van der Waals surface area contributed by atoms with Crippen LogP contribution in [0.3, 0.4) is 0 Å². The number of H-pyrrole nitrogens is 1. The standard InChI is InChI=1S/C21H21NO4/c1-3-26-15-10-8-14(9-11-15)20(23)12-17(21(24)25-2)18-13-22-19-7-5-4-6-16(18)19/h4-11,13,17,22H,3,12H2,1-2H3/t17-/m1/s1. The summed E-state index contributed by atoms with van der Waals surface area (Å²) in [6, 6.07) is 14.6. The first-order valence-corrected chi connectivity index (χ1v) is 8.54. The number of aromatic nitrogens is 1. The second kappa shape index (κ2) is 7.87. The van der Waals surface area contributed by atoms with E-state index in [2.05, 4.69) is 4.98 Å². The van der Waals surface area contributed by atoms with Gasteiger partial charge in [-0.05, 0) is 42.8 Å². The van der Waals surface area contributed by atoms with Crippen LogP contribution >= 0.6 is 0 Å². The average molecular weight is 351 g/mol. The van der Waals surface area contributed by atoms with E-state index in [4.69, 9.17) is 9.47 Å². The lowest BCUT2D eigenvalue weighted by Crippen LogP contribution is -2.18. The highest BCUT2D eigenvalue weighted by Crippen LogP contribution is 2.30. The van der Waals surface area contributed by atoms with Crippen molar-refractivity contribution in [3.63, 3.8) is 0 Å². The number of nitrogens with one attached hydrogen (secondary N) is 1. The van der Waals surface area contributed by atoms with Crippen LogP contribution in [0.15, 0.2) is 54.7 Å². The van der Waals surface area contributed by atoms with Crippen molar-refractivity contribution in [2.75, 3.05) is 13.7 Å². The Morgan fingerprint density at radius 3 is 2.50 bits per heavy atom. The van der Waals surface area contributed by atoms with E-state index in [-0.39, 0.29) is 12.2 Å². The summed E-state index contributed by atoms with van der Waals surface area (Å²) in [5.41, 5.74) is 2.24. The summed E-state index contributed by atoms with van der Waals surface area (Å²) in [6.07, 6.45) is 1.82. The van der Waals surface area contributed by atoms with Gasteiger partial charge in [-0.3, -0.25) is 9.59 Å². The molecule has 0 aliphatic carbocycles. The third-order valence-electron chi connectivity index (χ3n) is 4.36. The monoisotopic (exact) mass is 351 g/mol. The molecule has 0 fully saturated rings. The van der Waals surface area contributed by atoms with Gasteiger partial charge in [0.05, 0.1) is 19.6 Å². The number of methoxy groups -OCH3 is 1. The number of carbonyl (C=O) groups is 2. The summed E-state index contributed by atoms with van der Waals surface area (Å²) in [5.74, 6) is -0.483. The van der Waals surface area contributed by atoms with Crippen LogP contribution in [0.25, 0.3) is 10.9 Å². The number of hydrogen-bond donors (Lipinski definition) is 1. The number of carbonyl (C=O) groups excluding carboxylic acids is 2. The zero-order chi connectivity index (χ0) is 18.5. The summed E-state index contributed by atoms with van der Waals surface area (Å²) < 4.78 is 10.3. The molecular weight excluding hydrogens is 330 g/mol. The zero-order valence-electron chi connectivity index (χ0n) is 14.8. The summed E-state index contributed by atoms with van der Waals surface area (Å²) in [7, 11) is 1.34. The Morgan fingerprint density at radius 2 is 1.81 bits per heavy atom. The van der Waals surface area contributed by atoms with Crippen molar-refractivity contribution in [2.24, 2.45) is 0 Å². The van der Waals surface area contributed by atoms with Gasteiger partial charge in [-0.15, -0.1) is 0 Å². The normalized spacial score (nSPS) is 11.9. The minimum absolute atomic E-state index is 0.0441. The fourth-order valence-electron chi connectivity index (χ4n) is 3.05. The predicted octanol–water partition coefficient (Wildman–Crippen LogP) is 4.10. The molecule has 1 N–H and O–H groups in total. The number of ether oxygens (including phenoxy) is 2. The maximum atomic E-state index is 12.7. The third kappa shape index (κ3) is 3.61. The molecule has 1 atom stereocenters. The van der Waals surface area contributed by atoms with Crippen LogP contribution in [0.5, 0.6) is 5.75 Å². The van der Waals surface area contributed by atoms with Gasteiger partial charge in [0, 0.05) is 29.1 Å². The Kier molecular flexibility index (Phi) is 5.37. The fourth-order valence-corrected chi connectivity index (χ4v) is 3.05. The SMILES string of the molecule is CCOc1ccc(C(=O)C[C@@H](C(=O)OC)c2c[nH]c3ccccc23)cc1. The molecular formula is C21H21NO4. The van der Waals surface area contributed by atoms with Gasteiger partial charge < -0.3 is 14.5 Å². The number of benzene rings is 2. The molecule has 0 spiro atoms. The Hall–Kier alpha value is -3.08. The van der Waals surface area contributed by atoms with Crippen molar-refractivity contribution in [3.8, 4) is 5.75 Å². The summed E-state index contributed by atoms with van der Waals surface area (Å²) >= 11 is 0. The lowest BCUT2D eigenvalue weighted by molar-refractivity contribution is -0.142. The van der Waals surface area contributed by atoms with Crippen LogP contribution in [0.4, 0.5) is 0 Å². The molecule has 0 radical (unpaired) electrons. The number of hydrogen-bond acceptors (Lipinski definition) is 4. The first kappa shape index (κ1) is 17.7. The van der Waals surface area contributed by atoms with Crippen molar-refractivity contribution in [2.45, 2.75) is 19.3 Å². The van der Waals surface area contributed by atoms with E-state index >= 15 is 0 Å². The molecule has 26 heavy (non-hydrogen) atoms. The lowest BCUT2D eigenvalue weighted by atomic mass is 9.91. The van der Waals surface area contributed by atoms with E-state index in [1.165, 1.54) is 7.11 Å². The van der Waals surface area contributed by atoms with Crippen molar-refractivity contribution < 1.29 is 19.1 Å². The molecule has 0 amide bonds. The quantitative estimate of drug-likeness (QED) is 0.514. The highest BCUT2D eigenvalue weighted by Gasteiger charge is 2.27. The maximum absolute atomic E-state index is 12.7. The number of esters is 1. The molecule has 5 nitrogen and oxygen atoms in total. The molecule has 5 heteroatoms. The van der Waals surface area contributed by atoms with E-state index in [0.29, 0.717) is 17.9 Å². The van der Waals surface area contributed by atoms with Gasteiger partial charge in [0.2, 0.25) is 0 Å². The molecule has 134 valence electrons. The molecule has 0 bridgehead atoms. The third-order valence-corrected chi connectivity index (χ3v) is 4.36. The highest BCUT2D eigenvalue weighted by atomic mass is 16.5. The van der Waals surface area contributed by atoms with E-state index in [0.717, 1.165) is 16.5 Å². The molecule has 0 unspecified atom stereocenters. The smallest absolute Gasteiger partial charge is 0.313 e. The van der Waals surface area contributed by atoms with E-state index in [1.807, 2.05) is 31.2 Å². The van der Waals surface area contributed by atoms with Crippen molar-refractivity contribution in [3.05, 3.63) is 65.9 Å². The highest BCUT2D eigenvalue weighted by molar-refractivity contribution is 6.00. The average Bonchev–Trinajstić information content (AvgIpc) is 3.10. The van der Waals surface area contributed by atoms with Crippen LogP contribution in [0.2, 0.25) is 0 Å². The van der Waals surface area contributed by atoms with E-state index in [1.54, 1.807) is 30.5 Å². The second-order valence-electron chi connectivity index (χ2n) is 5.95. The largest absolute Gasteiger partial charge is 0.494 e. The van der Waals surface area contributed by atoms with Crippen LogP contribution in [-0.2, 0) is 9.53 Å². The van der Waals surface area contributed by atoms with Gasteiger partial charge in [0.25, 0.3) is 0 Å².